The normalized spacial score (nSPS) is 19.7. The molecule has 0 amide bonds. The molecule has 2 aliphatic carbocycles. The Morgan fingerprint density at radius 3 is 2.27 bits per heavy atom. The minimum Gasteiger partial charge on any atom is -0.382 e. The molecule has 2 heteroatoms. The predicted octanol–water partition coefficient (Wildman–Crippen LogP) is 5.65. The van der Waals surface area contributed by atoms with Crippen molar-refractivity contribution < 1.29 is 9.90 Å². The molecular formula is C24H28O2. The van der Waals surface area contributed by atoms with Crippen LogP contribution >= 0.6 is 0 Å². The van der Waals surface area contributed by atoms with Gasteiger partial charge in [-0.15, -0.1) is 0 Å². The molecule has 0 aromatic heterocycles. The van der Waals surface area contributed by atoms with Crippen molar-refractivity contribution in [2.24, 2.45) is 0 Å². The average Bonchev–Trinajstić information content (AvgIpc) is 2.97. The molecule has 0 atom stereocenters. The number of carbonyl (C=O) groups is 1. The maximum atomic E-state index is 13.1. The van der Waals surface area contributed by atoms with Crippen LogP contribution in [0.25, 0.3) is 11.1 Å². The van der Waals surface area contributed by atoms with Crippen molar-refractivity contribution in [1.29, 1.82) is 0 Å². The van der Waals surface area contributed by atoms with Crippen LogP contribution in [0, 0.1) is 0 Å². The van der Waals surface area contributed by atoms with Gasteiger partial charge in [-0.3, -0.25) is 4.79 Å². The van der Waals surface area contributed by atoms with Crippen LogP contribution in [0.5, 0.6) is 0 Å². The Morgan fingerprint density at radius 2 is 1.58 bits per heavy atom. The van der Waals surface area contributed by atoms with Gasteiger partial charge >= 0.3 is 0 Å². The summed E-state index contributed by atoms with van der Waals surface area (Å²) in [6.45, 7) is 4.47. The third-order valence-corrected chi connectivity index (χ3v) is 6.84. The first-order valence-corrected chi connectivity index (χ1v) is 10.1. The molecule has 1 fully saturated rings. The van der Waals surface area contributed by atoms with E-state index in [1.807, 2.05) is 6.07 Å². The monoisotopic (exact) mass is 348 g/mol. The first-order chi connectivity index (χ1) is 12.6. The van der Waals surface area contributed by atoms with E-state index in [1.54, 1.807) is 0 Å². The van der Waals surface area contributed by atoms with Crippen LogP contribution < -0.4 is 0 Å². The molecule has 2 nitrogen and oxygen atoms in total. The summed E-state index contributed by atoms with van der Waals surface area (Å²) >= 11 is 0. The molecule has 2 aliphatic rings. The standard InChI is InChI=1S/C24H28O2/c1-3-23(4-2)20-11-7-6-10-18(20)19-13-12-17(16-21(19)23)22(25)24(26)14-8-5-9-15-24/h6-7,10-13,16,26H,3-5,8-9,14-15H2,1-2H3. The lowest BCUT2D eigenvalue weighted by molar-refractivity contribution is 0.0116. The largest absolute Gasteiger partial charge is 0.382 e. The lowest BCUT2D eigenvalue weighted by Crippen LogP contribution is -2.40. The summed E-state index contributed by atoms with van der Waals surface area (Å²) in [5, 5.41) is 10.9. The van der Waals surface area contributed by atoms with Gasteiger partial charge in [-0.1, -0.05) is 69.5 Å². The number of aliphatic hydroxyl groups is 1. The Hall–Kier alpha value is -1.93. The van der Waals surface area contributed by atoms with Gasteiger partial charge in [0.2, 0.25) is 0 Å². The van der Waals surface area contributed by atoms with Crippen molar-refractivity contribution in [2.75, 3.05) is 0 Å². The Kier molecular flexibility index (Phi) is 4.27. The van der Waals surface area contributed by atoms with Crippen LogP contribution in [0.1, 0.15) is 80.3 Å². The van der Waals surface area contributed by atoms with Crippen molar-refractivity contribution >= 4 is 5.78 Å². The molecule has 4 rings (SSSR count). The molecule has 1 saturated carbocycles. The maximum absolute atomic E-state index is 13.1. The van der Waals surface area contributed by atoms with E-state index in [1.165, 1.54) is 22.3 Å². The summed E-state index contributed by atoms with van der Waals surface area (Å²) < 4.78 is 0. The van der Waals surface area contributed by atoms with Gasteiger partial charge in [0.1, 0.15) is 5.60 Å². The van der Waals surface area contributed by atoms with Crippen LogP contribution in [0.15, 0.2) is 42.5 Å². The van der Waals surface area contributed by atoms with Crippen molar-refractivity contribution in [1.82, 2.24) is 0 Å². The quantitative estimate of drug-likeness (QED) is 0.725. The zero-order valence-electron chi connectivity index (χ0n) is 15.8. The summed E-state index contributed by atoms with van der Waals surface area (Å²) in [5.74, 6) is -0.0861. The Labute approximate surface area is 156 Å². The summed E-state index contributed by atoms with van der Waals surface area (Å²) in [7, 11) is 0. The highest BCUT2D eigenvalue weighted by Crippen LogP contribution is 2.52. The number of Topliss-reactive ketones (excluding diaryl/α,β-unsaturated/α-hetero) is 1. The second-order valence-electron chi connectivity index (χ2n) is 8.02. The Morgan fingerprint density at radius 1 is 0.923 bits per heavy atom. The van der Waals surface area contributed by atoms with Crippen LogP contribution in [0.2, 0.25) is 0 Å². The van der Waals surface area contributed by atoms with Gasteiger partial charge in [0.15, 0.2) is 5.78 Å². The van der Waals surface area contributed by atoms with E-state index in [9.17, 15) is 9.90 Å². The van der Waals surface area contributed by atoms with Crippen molar-refractivity contribution in [3.8, 4) is 11.1 Å². The summed E-state index contributed by atoms with van der Waals surface area (Å²) in [6, 6.07) is 14.7. The average molecular weight is 348 g/mol. The van der Waals surface area contributed by atoms with E-state index in [0.29, 0.717) is 18.4 Å². The van der Waals surface area contributed by atoms with Gasteiger partial charge in [-0.25, -0.2) is 0 Å². The number of benzene rings is 2. The number of fused-ring (bicyclic) bond motifs is 3. The van der Waals surface area contributed by atoms with Crippen LogP contribution in [-0.4, -0.2) is 16.5 Å². The molecule has 0 radical (unpaired) electrons. The summed E-state index contributed by atoms with van der Waals surface area (Å²) in [5.41, 5.74) is 4.65. The van der Waals surface area contributed by atoms with E-state index < -0.39 is 5.60 Å². The molecule has 0 aliphatic heterocycles. The highest BCUT2D eigenvalue weighted by Gasteiger charge is 2.42. The molecule has 136 valence electrons. The molecule has 1 N–H and O–H groups in total. The highest BCUT2D eigenvalue weighted by molar-refractivity contribution is 6.03. The lowest BCUT2D eigenvalue weighted by atomic mass is 9.73. The molecule has 0 spiro atoms. The second kappa shape index (κ2) is 6.35. The number of hydrogen-bond acceptors (Lipinski definition) is 2. The molecule has 0 bridgehead atoms. The number of rotatable bonds is 4. The molecule has 2 aromatic carbocycles. The van der Waals surface area contributed by atoms with E-state index in [2.05, 4.69) is 50.2 Å². The number of hydrogen-bond donors (Lipinski definition) is 1. The zero-order chi connectivity index (χ0) is 18.4. The molecular weight excluding hydrogens is 320 g/mol. The minimum absolute atomic E-state index is 0.0304. The van der Waals surface area contributed by atoms with Crippen LogP contribution in [0.4, 0.5) is 0 Å². The number of ketones is 1. The molecule has 0 unspecified atom stereocenters. The third kappa shape index (κ3) is 2.39. The maximum Gasteiger partial charge on any atom is 0.194 e. The van der Waals surface area contributed by atoms with Gasteiger partial charge in [0.25, 0.3) is 0 Å². The third-order valence-electron chi connectivity index (χ3n) is 6.84. The van der Waals surface area contributed by atoms with Gasteiger partial charge in [-0.05, 0) is 54.0 Å². The molecule has 0 saturated heterocycles. The van der Waals surface area contributed by atoms with E-state index >= 15 is 0 Å². The van der Waals surface area contributed by atoms with Gasteiger partial charge in [-0.2, -0.15) is 0 Å². The van der Waals surface area contributed by atoms with E-state index in [4.69, 9.17) is 0 Å². The SMILES string of the molecule is CCC1(CC)c2ccccc2-c2ccc(C(=O)C3(O)CCCCC3)cc21. The van der Waals surface area contributed by atoms with Crippen molar-refractivity contribution in [3.63, 3.8) is 0 Å². The van der Waals surface area contributed by atoms with Gasteiger partial charge in [0, 0.05) is 11.0 Å². The Balaban J connectivity index is 1.82. The fraction of sp³-hybridized carbons (Fsp3) is 0.458. The fourth-order valence-corrected chi connectivity index (χ4v) is 5.24. The summed E-state index contributed by atoms with van der Waals surface area (Å²) in [4.78, 5) is 13.1. The van der Waals surface area contributed by atoms with Crippen molar-refractivity contribution in [3.05, 3.63) is 59.2 Å². The fourth-order valence-electron chi connectivity index (χ4n) is 5.24. The van der Waals surface area contributed by atoms with E-state index in [-0.39, 0.29) is 11.2 Å². The highest BCUT2D eigenvalue weighted by atomic mass is 16.3. The molecule has 2 aromatic rings. The van der Waals surface area contributed by atoms with Crippen LogP contribution in [-0.2, 0) is 5.41 Å². The van der Waals surface area contributed by atoms with Crippen LogP contribution in [0.3, 0.4) is 0 Å². The van der Waals surface area contributed by atoms with E-state index in [0.717, 1.165) is 32.1 Å². The van der Waals surface area contributed by atoms with Gasteiger partial charge < -0.3 is 5.11 Å². The minimum atomic E-state index is -1.17. The molecule has 0 heterocycles. The van der Waals surface area contributed by atoms with Crippen molar-refractivity contribution in [2.45, 2.75) is 69.8 Å². The topological polar surface area (TPSA) is 37.3 Å². The van der Waals surface area contributed by atoms with Gasteiger partial charge in [0.05, 0.1) is 0 Å². The zero-order valence-corrected chi connectivity index (χ0v) is 15.8. The lowest BCUT2D eigenvalue weighted by Gasteiger charge is -2.32. The number of carbonyl (C=O) groups excluding carboxylic acids is 1. The predicted molar refractivity (Wildman–Crippen MR) is 106 cm³/mol. The second-order valence-corrected chi connectivity index (χ2v) is 8.02. The molecule has 26 heavy (non-hydrogen) atoms. The summed E-state index contributed by atoms with van der Waals surface area (Å²) in [6.07, 6.45) is 6.19. The first kappa shape index (κ1) is 17.5. The Bertz CT molecular complexity index is 839. The first-order valence-electron chi connectivity index (χ1n) is 10.1. The smallest absolute Gasteiger partial charge is 0.194 e.